The van der Waals surface area contributed by atoms with E-state index in [-0.39, 0.29) is 22.8 Å². The summed E-state index contributed by atoms with van der Waals surface area (Å²) in [5.41, 5.74) is 5.47. The van der Waals surface area contributed by atoms with Gasteiger partial charge in [-0.15, -0.1) is 11.3 Å². The molecule has 2 aromatic rings. The molecule has 6 nitrogen and oxygen atoms in total. The molecule has 3 N–H and O–H groups in total. The van der Waals surface area contributed by atoms with Gasteiger partial charge in [0.05, 0.1) is 11.5 Å². The summed E-state index contributed by atoms with van der Waals surface area (Å²) in [5, 5.41) is 15.3. The number of hydrogen-bond acceptors (Lipinski definition) is 5. The fourth-order valence-corrected chi connectivity index (χ4v) is 2.17. The van der Waals surface area contributed by atoms with Gasteiger partial charge in [0.1, 0.15) is 5.69 Å². The first kappa shape index (κ1) is 13.0. The molecule has 0 saturated carbocycles. The van der Waals surface area contributed by atoms with Gasteiger partial charge in [-0.2, -0.15) is 0 Å². The first-order valence-corrected chi connectivity index (χ1v) is 6.30. The Bertz CT molecular complexity index is 611. The lowest BCUT2D eigenvalue weighted by molar-refractivity contribution is -0.383. The fraction of sp³-hybridized carbons (Fsp3) is 0.0833. The van der Waals surface area contributed by atoms with Crippen LogP contribution in [0.3, 0.4) is 0 Å². The number of nitrogens with zero attached hydrogens (tertiary/aromatic N) is 1. The van der Waals surface area contributed by atoms with Crippen LogP contribution in [0.1, 0.15) is 15.2 Å². The minimum Gasteiger partial charge on any atom is -0.393 e. The van der Waals surface area contributed by atoms with E-state index in [9.17, 15) is 14.9 Å². The van der Waals surface area contributed by atoms with Gasteiger partial charge in [-0.05, 0) is 23.6 Å². The Morgan fingerprint density at radius 2 is 2.21 bits per heavy atom. The molecule has 1 heterocycles. The van der Waals surface area contributed by atoms with Crippen molar-refractivity contribution < 1.29 is 9.72 Å². The third kappa shape index (κ3) is 3.08. The fourth-order valence-electron chi connectivity index (χ4n) is 1.53. The number of nitrogens with one attached hydrogen (secondary N) is 1. The van der Waals surface area contributed by atoms with Crippen molar-refractivity contribution in [2.75, 3.05) is 5.73 Å². The lowest BCUT2D eigenvalue weighted by atomic mass is 10.1. The molecule has 19 heavy (non-hydrogen) atoms. The number of anilines is 1. The summed E-state index contributed by atoms with van der Waals surface area (Å²) in [7, 11) is 0. The number of nitro benzene ring substituents is 1. The summed E-state index contributed by atoms with van der Waals surface area (Å²) < 4.78 is 0. The highest BCUT2D eigenvalue weighted by Crippen LogP contribution is 2.22. The summed E-state index contributed by atoms with van der Waals surface area (Å²) >= 11 is 1.53. The zero-order valence-corrected chi connectivity index (χ0v) is 10.6. The van der Waals surface area contributed by atoms with Crippen molar-refractivity contribution in [3.63, 3.8) is 0 Å². The minimum atomic E-state index is -0.606. The molecule has 0 aliphatic rings. The van der Waals surface area contributed by atoms with E-state index in [1.165, 1.54) is 29.5 Å². The second-order valence-electron chi connectivity index (χ2n) is 3.79. The first-order valence-electron chi connectivity index (χ1n) is 5.42. The van der Waals surface area contributed by atoms with E-state index in [1.807, 2.05) is 17.5 Å². The highest BCUT2D eigenvalue weighted by molar-refractivity contribution is 7.09. The van der Waals surface area contributed by atoms with Crippen molar-refractivity contribution in [1.29, 1.82) is 0 Å². The predicted molar refractivity (Wildman–Crippen MR) is 73.0 cm³/mol. The van der Waals surface area contributed by atoms with Crippen LogP contribution in [0.2, 0.25) is 0 Å². The predicted octanol–water partition coefficient (Wildman–Crippen LogP) is 2.17. The van der Waals surface area contributed by atoms with Crippen molar-refractivity contribution >= 4 is 28.6 Å². The number of carbonyl (C=O) groups is 1. The molecule has 2 rings (SSSR count). The second-order valence-corrected chi connectivity index (χ2v) is 4.82. The Kier molecular flexibility index (Phi) is 3.76. The maximum atomic E-state index is 11.9. The molecule has 1 aromatic heterocycles. The van der Waals surface area contributed by atoms with Gasteiger partial charge in [-0.3, -0.25) is 14.9 Å². The van der Waals surface area contributed by atoms with Gasteiger partial charge >= 0.3 is 0 Å². The lowest BCUT2D eigenvalue weighted by Crippen LogP contribution is -2.22. The Morgan fingerprint density at radius 1 is 1.42 bits per heavy atom. The molecule has 0 saturated heterocycles. The maximum Gasteiger partial charge on any atom is 0.292 e. The molecule has 0 unspecified atom stereocenters. The molecule has 0 aliphatic carbocycles. The van der Waals surface area contributed by atoms with Crippen LogP contribution >= 0.6 is 11.3 Å². The minimum absolute atomic E-state index is 0.0415. The number of thiophene rings is 1. The number of benzene rings is 1. The van der Waals surface area contributed by atoms with E-state index in [2.05, 4.69) is 5.32 Å². The van der Waals surface area contributed by atoms with E-state index in [4.69, 9.17) is 5.73 Å². The van der Waals surface area contributed by atoms with E-state index >= 15 is 0 Å². The molecule has 0 fully saturated rings. The molecule has 0 bridgehead atoms. The largest absolute Gasteiger partial charge is 0.393 e. The number of amides is 1. The average Bonchev–Trinajstić information content (AvgIpc) is 2.89. The van der Waals surface area contributed by atoms with Crippen molar-refractivity contribution in [3.05, 3.63) is 56.3 Å². The molecule has 0 spiro atoms. The quantitative estimate of drug-likeness (QED) is 0.508. The molecule has 0 atom stereocenters. The number of nitrogen functional groups attached to an aromatic ring is 1. The van der Waals surface area contributed by atoms with Crippen LogP contribution in [0.5, 0.6) is 0 Å². The van der Waals surface area contributed by atoms with Gasteiger partial charge in [0.25, 0.3) is 11.6 Å². The smallest absolute Gasteiger partial charge is 0.292 e. The Balaban J connectivity index is 2.11. The number of carbonyl (C=O) groups excluding carboxylic acids is 1. The summed E-state index contributed by atoms with van der Waals surface area (Å²) in [5.74, 6) is -0.364. The Hall–Kier alpha value is -2.41. The van der Waals surface area contributed by atoms with Gasteiger partial charge < -0.3 is 11.1 Å². The van der Waals surface area contributed by atoms with Gasteiger partial charge in [0, 0.05) is 16.5 Å². The number of nitro groups is 1. The van der Waals surface area contributed by atoms with Crippen LogP contribution in [-0.2, 0) is 6.54 Å². The maximum absolute atomic E-state index is 11.9. The average molecular weight is 277 g/mol. The molecule has 0 aliphatic heterocycles. The molecular formula is C12H11N3O3S. The van der Waals surface area contributed by atoms with Crippen LogP contribution in [0, 0.1) is 10.1 Å². The second kappa shape index (κ2) is 5.49. The van der Waals surface area contributed by atoms with Crippen LogP contribution in [0.4, 0.5) is 11.4 Å². The Morgan fingerprint density at radius 3 is 2.84 bits per heavy atom. The summed E-state index contributed by atoms with van der Waals surface area (Å²) in [6, 6.07) is 7.79. The highest BCUT2D eigenvalue weighted by atomic mass is 32.1. The standard InChI is InChI=1S/C12H11N3O3S/c13-10-4-3-8(6-11(10)15(17)18)12(16)14-7-9-2-1-5-19-9/h1-6H,7,13H2,(H,14,16). The normalized spacial score (nSPS) is 10.1. The number of hydrogen-bond donors (Lipinski definition) is 2. The van der Waals surface area contributed by atoms with E-state index in [0.29, 0.717) is 6.54 Å². The van der Waals surface area contributed by atoms with E-state index in [0.717, 1.165) is 4.88 Å². The zero-order valence-electron chi connectivity index (χ0n) is 9.83. The summed E-state index contributed by atoms with van der Waals surface area (Å²) in [6.07, 6.45) is 0. The zero-order chi connectivity index (χ0) is 13.8. The van der Waals surface area contributed by atoms with Crippen LogP contribution in [-0.4, -0.2) is 10.8 Å². The molecule has 7 heteroatoms. The van der Waals surface area contributed by atoms with Crippen LogP contribution in [0.25, 0.3) is 0 Å². The van der Waals surface area contributed by atoms with Gasteiger partial charge in [-0.1, -0.05) is 6.07 Å². The van der Waals surface area contributed by atoms with Crippen LogP contribution < -0.4 is 11.1 Å². The van der Waals surface area contributed by atoms with Crippen LogP contribution in [0.15, 0.2) is 35.7 Å². The van der Waals surface area contributed by atoms with Crippen molar-refractivity contribution in [2.24, 2.45) is 0 Å². The third-order valence-electron chi connectivity index (χ3n) is 2.49. The molecular weight excluding hydrogens is 266 g/mol. The third-order valence-corrected chi connectivity index (χ3v) is 3.37. The monoisotopic (exact) mass is 277 g/mol. The van der Waals surface area contributed by atoms with Gasteiger partial charge in [-0.25, -0.2) is 0 Å². The Labute approximate surface area is 113 Å². The number of nitrogens with two attached hydrogens (primary N) is 1. The highest BCUT2D eigenvalue weighted by Gasteiger charge is 2.15. The van der Waals surface area contributed by atoms with Gasteiger partial charge in [0.2, 0.25) is 0 Å². The first-order chi connectivity index (χ1) is 9.08. The SMILES string of the molecule is Nc1ccc(C(=O)NCc2cccs2)cc1[N+](=O)[O-]. The van der Waals surface area contributed by atoms with Gasteiger partial charge in [0.15, 0.2) is 0 Å². The van der Waals surface area contributed by atoms with Crippen molar-refractivity contribution in [3.8, 4) is 0 Å². The molecule has 1 amide bonds. The van der Waals surface area contributed by atoms with Crippen molar-refractivity contribution in [1.82, 2.24) is 5.32 Å². The topological polar surface area (TPSA) is 98.3 Å². The molecule has 98 valence electrons. The summed E-state index contributed by atoms with van der Waals surface area (Å²) in [4.78, 5) is 23.0. The molecule has 0 radical (unpaired) electrons. The van der Waals surface area contributed by atoms with E-state index < -0.39 is 4.92 Å². The summed E-state index contributed by atoms with van der Waals surface area (Å²) in [6.45, 7) is 0.397. The van der Waals surface area contributed by atoms with E-state index in [1.54, 1.807) is 0 Å². The lowest BCUT2D eigenvalue weighted by Gasteiger charge is -2.04. The molecule has 1 aromatic carbocycles. The number of rotatable bonds is 4. The van der Waals surface area contributed by atoms with Crippen molar-refractivity contribution in [2.45, 2.75) is 6.54 Å².